The zero-order valence-electron chi connectivity index (χ0n) is 28.9. The second-order valence-corrected chi connectivity index (χ2v) is 12.9. The van der Waals surface area contributed by atoms with Crippen LogP contribution in [0.2, 0.25) is 0 Å². The third kappa shape index (κ3) is 15.9. The van der Waals surface area contributed by atoms with E-state index in [1.807, 2.05) is 0 Å². The molecule has 0 fully saturated rings. The van der Waals surface area contributed by atoms with Crippen LogP contribution in [-0.4, -0.2) is 13.2 Å². The van der Waals surface area contributed by atoms with Crippen LogP contribution in [0.4, 0.5) is 0 Å². The van der Waals surface area contributed by atoms with Gasteiger partial charge in [-0.15, -0.1) is 0 Å². The molecule has 3 aromatic carbocycles. The van der Waals surface area contributed by atoms with Gasteiger partial charge in [0, 0.05) is 6.07 Å². The van der Waals surface area contributed by atoms with E-state index in [0.29, 0.717) is 0 Å². The lowest BCUT2D eigenvalue weighted by Crippen LogP contribution is -2.07. The normalized spacial score (nSPS) is 11.3. The van der Waals surface area contributed by atoms with Crippen LogP contribution >= 0.6 is 0 Å². The molecule has 0 N–H and O–H groups in total. The van der Waals surface area contributed by atoms with Crippen LogP contribution in [0, 0.1) is 5.92 Å². The second-order valence-electron chi connectivity index (χ2n) is 12.9. The number of hydrogen-bond donors (Lipinski definition) is 0. The highest BCUT2D eigenvalue weighted by molar-refractivity contribution is 5.60. The van der Waals surface area contributed by atoms with Crippen molar-refractivity contribution in [3.05, 3.63) is 101 Å². The topological polar surface area (TPSA) is 18.5 Å². The van der Waals surface area contributed by atoms with Crippen LogP contribution in [0.15, 0.2) is 78.9 Å². The molecule has 0 aliphatic carbocycles. The molecule has 247 valence electrons. The summed E-state index contributed by atoms with van der Waals surface area (Å²) in [6.45, 7) is 6.08. The van der Waals surface area contributed by atoms with Crippen LogP contribution in [0.25, 0.3) is 0 Å². The van der Waals surface area contributed by atoms with Crippen molar-refractivity contribution in [2.75, 3.05) is 13.2 Å². The van der Waals surface area contributed by atoms with E-state index in [4.69, 9.17) is 9.47 Å². The van der Waals surface area contributed by atoms with Crippen molar-refractivity contribution in [1.82, 2.24) is 0 Å². The predicted molar refractivity (Wildman–Crippen MR) is 195 cm³/mol. The largest absolute Gasteiger partial charge is 0.493 e. The lowest BCUT2D eigenvalue weighted by Gasteiger charge is -2.20. The molecule has 2 nitrogen and oxygen atoms in total. The second kappa shape index (κ2) is 24.5. The first kappa shape index (κ1) is 36.7. The summed E-state index contributed by atoms with van der Waals surface area (Å²) in [7, 11) is 0. The van der Waals surface area contributed by atoms with Crippen molar-refractivity contribution in [3.63, 3.8) is 0 Å². The van der Waals surface area contributed by atoms with Gasteiger partial charge in [-0.2, -0.15) is 0 Å². The first-order valence-electron chi connectivity index (χ1n) is 18.7. The molecular formula is C43H63O2. The van der Waals surface area contributed by atoms with Crippen LogP contribution in [0.3, 0.4) is 0 Å². The summed E-state index contributed by atoms with van der Waals surface area (Å²) >= 11 is 0. The van der Waals surface area contributed by atoms with Gasteiger partial charge in [0.1, 0.15) is 11.5 Å². The Morgan fingerprint density at radius 3 is 1.07 bits per heavy atom. The van der Waals surface area contributed by atoms with Gasteiger partial charge in [0.25, 0.3) is 0 Å². The molecule has 0 unspecified atom stereocenters. The molecule has 0 aromatic heterocycles. The number of rotatable bonds is 27. The zero-order valence-corrected chi connectivity index (χ0v) is 28.9. The summed E-state index contributed by atoms with van der Waals surface area (Å²) in [4.78, 5) is 0. The van der Waals surface area contributed by atoms with E-state index in [1.54, 1.807) is 0 Å². The zero-order chi connectivity index (χ0) is 31.6. The maximum absolute atomic E-state index is 6.39. The Morgan fingerprint density at radius 1 is 0.378 bits per heavy atom. The fourth-order valence-electron chi connectivity index (χ4n) is 6.15. The predicted octanol–water partition coefficient (Wildman–Crippen LogP) is 13.3. The summed E-state index contributed by atoms with van der Waals surface area (Å²) in [5.74, 6) is 3.03. The van der Waals surface area contributed by atoms with Gasteiger partial charge in [-0.05, 0) is 41.7 Å². The first-order valence-corrected chi connectivity index (χ1v) is 18.7. The Kier molecular flexibility index (Phi) is 20.0. The molecule has 0 saturated heterocycles. The Hall–Kier alpha value is -2.74. The molecule has 0 amide bonds. The van der Waals surface area contributed by atoms with E-state index < -0.39 is 0 Å². The molecule has 3 rings (SSSR count). The molecule has 0 aliphatic rings. The van der Waals surface area contributed by atoms with E-state index in [9.17, 15) is 0 Å². The molecule has 45 heavy (non-hydrogen) atoms. The molecular weight excluding hydrogens is 548 g/mol. The van der Waals surface area contributed by atoms with E-state index >= 15 is 0 Å². The van der Waals surface area contributed by atoms with Gasteiger partial charge in [-0.3, -0.25) is 0 Å². The number of benzene rings is 3. The Morgan fingerprint density at radius 2 is 0.711 bits per heavy atom. The first-order chi connectivity index (χ1) is 22.3. The molecule has 0 bridgehead atoms. The fraction of sp³-hybridized carbons (Fsp3) is 0.558. The fourth-order valence-corrected chi connectivity index (χ4v) is 6.15. The number of unbranched alkanes of at least 4 members (excludes halogenated alkanes) is 18. The Bertz CT molecular complexity index is 1010. The third-order valence-electron chi connectivity index (χ3n) is 8.83. The summed E-state index contributed by atoms with van der Waals surface area (Å²) in [5, 5.41) is 0. The minimum Gasteiger partial charge on any atom is -0.493 e. The average molecular weight is 612 g/mol. The smallest absolute Gasteiger partial charge is 0.123 e. The van der Waals surface area contributed by atoms with Crippen molar-refractivity contribution in [2.24, 2.45) is 0 Å². The van der Waals surface area contributed by atoms with Gasteiger partial charge in [0.15, 0.2) is 0 Å². The van der Waals surface area contributed by atoms with E-state index in [1.165, 1.54) is 133 Å². The molecule has 0 atom stereocenters. The quantitative estimate of drug-likeness (QED) is 0.0630. The maximum atomic E-state index is 6.39. The maximum Gasteiger partial charge on any atom is 0.123 e. The molecule has 0 spiro atoms. The molecule has 3 aromatic rings. The van der Waals surface area contributed by atoms with E-state index in [-0.39, 0.29) is 0 Å². The average Bonchev–Trinajstić information content (AvgIpc) is 3.07. The Balaban J connectivity index is 1.55. The van der Waals surface area contributed by atoms with Gasteiger partial charge in [-0.25, -0.2) is 0 Å². The SMILES string of the molecule is CCCCCCCCCCCCOc1cc(OCCCCCCCCCCCC)cc([C](c2ccccc2)c2ccccc2)c1. The summed E-state index contributed by atoms with van der Waals surface area (Å²) in [5.41, 5.74) is 3.55. The van der Waals surface area contributed by atoms with E-state index in [0.717, 1.165) is 43.1 Å². The third-order valence-corrected chi connectivity index (χ3v) is 8.83. The molecule has 0 saturated carbocycles. The minimum atomic E-state index is 0.754. The van der Waals surface area contributed by atoms with Crippen LogP contribution in [-0.2, 0) is 0 Å². The molecule has 2 heteroatoms. The minimum absolute atomic E-state index is 0.754. The van der Waals surface area contributed by atoms with Gasteiger partial charge >= 0.3 is 0 Å². The highest BCUT2D eigenvalue weighted by Gasteiger charge is 2.19. The van der Waals surface area contributed by atoms with Crippen LogP contribution in [0.1, 0.15) is 159 Å². The van der Waals surface area contributed by atoms with Crippen LogP contribution in [0.5, 0.6) is 11.5 Å². The summed E-state index contributed by atoms with van der Waals surface area (Å²) in [6.07, 6.45) is 26.6. The molecule has 0 aliphatic heterocycles. The van der Waals surface area contributed by atoms with Crippen LogP contribution < -0.4 is 9.47 Å². The van der Waals surface area contributed by atoms with Crippen molar-refractivity contribution in [1.29, 1.82) is 0 Å². The van der Waals surface area contributed by atoms with Crippen molar-refractivity contribution in [2.45, 2.75) is 142 Å². The van der Waals surface area contributed by atoms with Gasteiger partial charge in [0.05, 0.1) is 19.1 Å². The summed E-state index contributed by atoms with van der Waals surface area (Å²) in [6, 6.07) is 27.9. The van der Waals surface area contributed by atoms with Gasteiger partial charge < -0.3 is 9.47 Å². The van der Waals surface area contributed by atoms with Crippen molar-refractivity contribution >= 4 is 0 Å². The standard InChI is InChI=1S/C43H63O2/c1-3-5-7-9-11-13-15-17-19-27-33-44-41-35-40(43(38-29-23-21-24-30-38)39-31-25-22-26-32-39)36-42(37-41)45-34-28-20-18-16-14-12-10-8-6-4-2/h21-26,29-32,35-37H,3-20,27-28,33-34H2,1-2H3. The number of ether oxygens (including phenoxy) is 2. The van der Waals surface area contributed by atoms with Gasteiger partial charge in [0.2, 0.25) is 0 Å². The lowest BCUT2D eigenvalue weighted by atomic mass is 9.85. The Labute approximate surface area is 277 Å². The highest BCUT2D eigenvalue weighted by atomic mass is 16.5. The highest BCUT2D eigenvalue weighted by Crippen LogP contribution is 2.35. The van der Waals surface area contributed by atoms with Crippen molar-refractivity contribution < 1.29 is 9.47 Å². The van der Waals surface area contributed by atoms with E-state index in [2.05, 4.69) is 92.7 Å². The summed E-state index contributed by atoms with van der Waals surface area (Å²) < 4.78 is 12.8. The van der Waals surface area contributed by atoms with Crippen molar-refractivity contribution in [3.8, 4) is 11.5 Å². The lowest BCUT2D eigenvalue weighted by molar-refractivity contribution is 0.289. The molecule has 0 heterocycles. The monoisotopic (exact) mass is 611 g/mol. The number of hydrogen-bond acceptors (Lipinski definition) is 2. The molecule has 1 radical (unpaired) electrons. The van der Waals surface area contributed by atoms with Gasteiger partial charge in [-0.1, -0.05) is 190 Å².